The third-order valence-electron chi connectivity index (χ3n) is 4.10. The van der Waals surface area contributed by atoms with Crippen molar-refractivity contribution in [3.05, 3.63) is 52.9 Å². The van der Waals surface area contributed by atoms with E-state index >= 15 is 0 Å². The van der Waals surface area contributed by atoms with Gasteiger partial charge in [-0.3, -0.25) is 4.68 Å². The molecule has 0 amide bonds. The molecule has 144 valence electrons. The number of hydrogen-bond acceptors (Lipinski definition) is 2. The van der Waals surface area contributed by atoms with E-state index in [1.807, 2.05) is 12.1 Å². The first-order valence-electron chi connectivity index (χ1n) is 8.06. The fourth-order valence-electron chi connectivity index (χ4n) is 3.01. The fraction of sp³-hybridized carbons (Fsp3) is 0.278. The molecule has 0 unspecified atom stereocenters. The number of aliphatic hydroxyl groups is 1. The molecule has 0 bridgehead atoms. The fourth-order valence-corrected chi connectivity index (χ4v) is 3.83. The average molecular weight is 463 g/mol. The van der Waals surface area contributed by atoms with Crippen LogP contribution in [0.3, 0.4) is 0 Å². The molecular weight excluding hydrogens is 447 g/mol. The van der Waals surface area contributed by atoms with Crippen LogP contribution in [0, 0.1) is 0 Å². The molecule has 27 heavy (non-hydrogen) atoms. The summed E-state index contributed by atoms with van der Waals surface area (Å²) in [5.74, 6) is 0. The number of aromatic amines is 1. The molecule has 1 aromatic carbocycles. The first-order chi connectivity index (χ1) is 12.7. The number of nitrogens with zero attached hydrogens (tertiary/aromatic N) is 2. The van der Waals surface area contributed by atoms with Crippen molar-refractivity contribution < 1.29 is 18.3 Å². The minimum atomic E-state index is -4.63. The number of hydrogen-bond donors (Lipinski definition) is 2. The molecule has 0 spiro atoms. The Balaban J connectivity index is 2.19. The number of halogens is 5. The van der Waals surface area contributed by atoms with Crippen LogP contribution in [0.1, 0.15) is 18.2 Å². The molecule has 2 heterocycles. The van der Waals surface area contributed by atoms with Gasteiger partial charge in [0.2, 0.25) is 0 Å². The van der Waals surface area contributed by atoms with E-state index in [-0.39, 0.29) is 12.1 Å². The highest BCUT2D eigenvalue weighted by Crippen LogP contribution is 2.42. The smallest absolute Gasteiger partial charge is 0.391 e. The van der Waals surface area contributed by atoms with E-state index in [1.165, 1.54) is 13.1 Å². The summed E-state index contributed by atoms with van der Waals surface area (Å²) in [5, 5.41) is 14.2. The summed E-state index contributed by atoms with van der Waals surface area (Å²) in [7, 11) is 0. The van der Waals surface area contributed by atoms with Gasteiger partial charge in [-0.1, -0.05) is 45.7 Å². The summed E-state index contributed by atoms with van der Waals surface area (Å²) in [4.78, 5) is 2.94. The van der Waals surface area contributed by atoms with Gasteiger partial charge in [0.1, 0.15) is 0 Å². The first-order valence-corrected chi connectivity index (χ1v) is 9.56. The molecule has 9 heteroatoms. The number of H-pyrrole nitrogens is 1. The molecule has 0 saturated carbocycles. The van der Waals surface area contributed by atoms with E-state index in [2.05, 4.69) is 26.0 Å². The zero-order valence-electron chi connectivity index (χ0n) is 14.2. The van der Waals surface area contributed by atoms with Gasteiger partial charge in [-0.25, -0.2) is 0 Å². The Morgan fingerprint density at radius 3 is 2.56 bits per heavy atom. The number of nitrogens with one attached hydrogen (secondary N) is 1. The lowest BCUT2D eigenvalue weighted by atomic mass is 10.0. The monoisotopic (exact) mass is 461 g/mol. The zero-order chi connectivity index (χ0) is 19.8. The van der Waals surface area contributed by atoms with Gasteiger partial charge < -0.3 is 10.1 Å². The molecule has 0 aliphatic carbocycles. The highest BCUT2D eigenvalue weighted by atomic mass is 79.9. The maximum absolute atomic E-state index is 13.7. The van der Waals surface area contributed by atoms with Gasteiger partial charge in [-0.05, 0) is 18.6 Å². The Bertz CT molecular complexity index is 950. The topological polar surface area (TPSA) is 53.8 Å². The van der Waals surface area contributed by atoms with Gasteiger partial charge in [0, 0.05) is 33.2 Å². The van der Waals surface area contributed by atoms with Crippen LogP contribution < -0.4 is 0 Å². The number of aliphatic hydroxyl groups excluding tert-OH is 1. The molecule has 4 nitrogen and oxygen atoms in total. The zero-order valence-corrected chi connectivity index (χ0v) is 16.5. The maximum Gasteiger partial charge on any atom is 0.433 e. The molecule has 0 saturated heterocycles. The Labute approximate surface area is 167 Å². The van der Waals surface area contributed by atoms with Gasteiger partial charge in [-0.15, -0.1) is 0 Å². The molecule has 0 aliphatic heterocycles. The van der Waals surface area contributed by atoms with Crippen LogP contribution in [0.5, 0.6) is 0 Å². The van der Waals surface area contributed by atoms with Crippen molar-refractivity contribution in [2.24, 2.45) is 0 Å². The SMILES string of the molecule is C[C@H](O)Cn1ncc(-c2[nH]cc(-c3ccccc3Cl)c2CBr)c1C(F)(F)F. The lowest BCUT2D eigenvalue weighted by Crippen LogP contribution is -2.21. The van der Waals surface area contributed by atoms with Gasteiger partial charge in [0.25, 0.3) is 0 Å². The summed E-state index contributed by atoms with van der Waals surface area (Å²) >= 11 is 9.62. The van der Waals surface area contributed by atoms with E-state index < -0.39 is 18.0 Å². The van der Waals surface area contributed by atoms with Crippen molar-refractivity contribution in [3.8, 4) is 22.4 Å². The highest BCUT2D eigenvalue weighted by Gasteiger charge is 2.39. The predicted molar refractivity (Wildman–Crippen MR) is 102 cm³/mol. The quantitative estimate of drug-likeness (QED) is 0.493. The van der Waals surface area contributed by atoms with Gasteiger partial charge in [0.05, 0.1) is 24.5 Å². The standard InChI is InChI=1S/C18H16BrClF3N3O/c1-10(27)9-26-17(18(21,22)23)14(8-25-26)16-12(6-19)13(7-24-16)11-4-2-3-5-15(11)20/h2-5,7-8,10,24,27H,6,9H2,1H3/t10-/m0/s1. The first kappa shape index (κ1) is 20.0. The molecule has 2 aromatic heterocycles. The maximum atomic E-state index is 13.7. The predicted octanol–water partition coefficient (Wildman–Crippen LogP) is 5.49. The summed E-state index contributed by atoms with van der Waals surface area (Å²) in [6.45, 7) is 1.16. The summed E-state index contributed by atoms with van der Waals surface area (Å²) in [6.07, 6.45) is -2.78. The molecule has 3 rings (SSSR count). The van der Waals surface area contributed by atoms with Crippen LogP contribution in [0.25, 0.3) is 22.4 Å². The summed E-state index contributed by atoms with van der Waals surface area (Å²) in [5.41, 5.74) is 1.41. The number of aromatic nitrogens is 3. The molecular formula is C18H16BrClF3N3O. The second-order valence-electron chi connectivity index (χ2n) is 6.11. The van der Waals surface area contributed by atoms with Crippen LogP contribution >= 0.6 is 27.5 Å². The Hall–Kier alpha value is -1.77. The number of benzene rings is 1. The molecule has 2 N–H and O–H groups in total. The third kappa shape index (κ3) is 3.93. The third-order valence-corrected chi connectivity index (χ3v) is 4.99. The molecule has 0 radical (unpaired) electrons. The van der Waals surface area contributed by atoms with Gasteiger partial charge in [-0.2, -0.15) is 18.3 Å². The number of alkyl halides is 4. The van der Waals surface area contributed by atoms with Gasteiger partial charge in [0.15, 0.2) is 5.69 Å². The summed E-state index contributed by atoms with van der Waals surface area (Å²) < 4.78 is 41.9. The van der Waals surface area contributed by atoms with Crippen molar-refractivity contribution in [3.63, 3.8) is 0 Å². The highest BCUT2D eigenvalue weighted by molar-refractivity contribution is 9.08. The van der Waals surface area contributed by atoms with Crippen LogP contribution in [-0.4, -0.2) is 26.0 Å². The van der Waals surface area contributed by atoms with Crippen LogP contribution in [-0.2, 0) is 18.1 Å². The molecule has 3 aromatic rings. The molecule has 1 atom stereocenters. The van der Waals surface area contributed by atoms with Crippen LogP contribution in [0.4, 0.5) is 13.2 Å². The molecule has 0 aliphatic rings. The second kappa shape index (κ2) is 7.69. The normalized spacial score (nSPS) is 13.1. The van der Waals surface area contributed by atoms with Crippen molar-refractivity contribution in [2.45, 2.75) is 31.1 Å². The largest absolute Gasteiger partial charge is 0.433 e. The second-order valence-corrected chi connectivity index (χ2v) is 7.07. The van der Waals surface area contributed by atoms with E-state index in [9.17, 15) is 18.3 Å². The number of rotatable bonds is 5. The summed E-state index contributed by atoms with van der Waals surface area (Å²) in [6, 6.07) is 7.13. The van der Waals surface area contributed by atoms with Crippen molar-refractivity contribution in [1.29, 1.82) is 0 Å². The Kier molecular flexibility index (Phi) is 5.69. The lowest BCUT2D eigenvalue weighted by Gasteiger charge is -2.14. The van der Waals surface area contributed by atoms with Gasteiger partial charge >= 0.3 is 6.18 Å². The van der Waals surface area contributed by atoms with Crippen molar-refractivity contribution >= 4 is 27.5 Å². The van der Waals surface area contributed by atoms with E-state index in [4.69, 9.17) is 11.6 Å². The van der Waals surface area contributed by atoms with E-state index in [0.717, 1.165) is 10.2 Å². The minimum absolute atomic E-state index is 0.0732. The van der Waals surface area contributed by atoms with Crippen LogP contribution in [0.2, 0.25) is 5.02 Å². The Morgan fingerprint density at radius 1 is 1.26 bits per heavy atom. The lowest BCUT2D eigenvalue weighted by molar-refractivity contribution is -0.144. The van der Waals surface area contributed by atoms with E-state index in [0.29, 0.717) is 27.2 Å². The average Bonchev–Trinajstić information content (AvgIpc) is 3.17. The van der Waals surface area contributed by atoms with Crippen LogP contribution in [0.15, 0.2) is 36.7 Å². The minimum Gasteiger partial charge on any atom is -0.391 e. The van der Waals surface area contributed by atoms with Crippen molar-refractivity contribution in [1.82, 2.24) is 14.8 Å². The molecule has 0 fully saturated rings. The Morgan fingerprint density at radius 2 is 1.96 bits per heavy atom. The van der Waals surface area contributed by atoms with Crippen molar-refractivity contribution in [2.75, 3.05) is 0 Å². The van der Waals surface area contributed by atoms with E-state index in [1.54, 1.807) is 18.3 Å².